The minimum Gasteiger partial charge on any atom is -0.349 e. The summed E-state index contributed by atoms with van der Waals surface area (Å²) in [4.78, 5) is 22.6. The smallest absolute Gasteiger partial charge is 0.270 e. The molecule has 1 rings (SSSR count). The first kappa shape index (κ1) is 16.6. The van der Waals surface area contributed by atoms with Gasteiger partial charge in [0.1, 0.15) is 0 Å². The molecular weight excluding hydrogens is 324 g/mol. The van der Waals surface area contributed by atoms with Crippen molar-refractivity contribution in [2.75, 3.05) is 5.33 Å². The fourth-order valence-corrected chi connectivity index (χ4v) is 2.40. The topological polar surface area (TPSA) is 72.2 Å². The van der Waals surface area contributed by atoms with E-state index in [1.165, 1.54) is 12.1 Å². The van der Waals surface area contributed by atoms with Crippen molar-refractivity contribution < 1.29 is 9.72 Å². The normalized spacial score (nSPS) is 12.2. The second-order valence-electron chi connectivity index (χ2n) is 5.06. The quantitative estimate of drug-likeness (QED) is 0.489. The van der Waals surface area contributed by atoms with Crippen LogP contribution in [0, 0.1) is 23.0 Å². The van der Waals surface area contributed by atoms with Crippen LogP contribution in [0.1, 0.15) is 36.2 Å². The molecule has 1 atom stereocenters. The summed E-state index contributed by atoms with van der Waals surface area (Å²) in [6.07, 6.45) is 0.817. The number of carbonyl (C=O) groups is 1. The number of alkyl halides is 1. The van der Waals surface area contributed by atoms with Gasteiger partial charge in [-0.3, -0.25) is 14.9 Å². The number of amides is 1. The van der Waals surface area contributed by atoms with Gasteiger partial charge in [0, 0.05) is 29.1 Å². The number of nitrogens with zero attached hydrogens (tertiary/aromatic N) is 1. The Labute approximate surface area is 127 Å². The Hall–Kier alpha value is -1.43. The highest BCUT2D eigenvalue weighted by atomic mass is 79.9. The first-order valence-electron chi connectivity index (χ1n) is 6.48. The summed E-state index contributed by atoms with van der Waals surface area (Å²) in [5.41, 5.74) is 1.02. The Morgan fingerprint density at radius 1 is 1.45 bits per heavy atom. The maximum atomic E-state index is 12.3. The summed E-state index contributed by atoms with van der Waals surface area (Å²) in [6.45, 7) is 5.84. The van der Waals surface area contributed by atoms with Gasteiger partial charge in [-0.15, -0.1) is 0 Å². The molecule has 0 heterocycles. The van der Waals surface area contributed by atoms with E-state index in [0.717, 1.165) is 17.3 Å². The number of rotatable bonds is 6. The molecule has 6 heteroatoms. The lowest BCUT2D eigenvalue weighted by molar-refractivity contribution is -0.384. The predicted octanol–water partition coefficient (Wildman–Crippen LogP) is 3.44. The van der Waals surface area contributed by atoms with E-state index >= 15 is 0 Å². The van der Waals surface area contributed by atoms with E-state index in [4.69, 9.17) is 0 Å². The third-order valence-corrected chi connectivity index (χ3v) is 3.68. The maximum absolute atomic E-state index is 12.3. The lowest BCUT2D eigenvalue weighted by Crippen LogP contribution is -2.39. The number of nitro benzene ring substituents is 1. The standard InChI is InChI=1S/C14H19BrN2O3/c1-9(2)13(6-7-15)16-14(18)12-8-11(17(19)20)5-4-10(12)3/h4-5,8-9,13H,6-7H2,1-3H3,(H,16,18). The predicted molar refractivity (Wildman–Crippen MR) is 82.3 cm³/mol. The van der Waals surface area contributed by atoms with Gasteiger partial charge in [0.05, 0.1) is 4.92 Å². The maximum Gasteiger partial charge on any atom is 0.270 e. The highest BCUT2D eigenvalue weighted by Crippen LogP contribution is 2.18. The van der Waals surface area contributed by atoms with E-state index < -0.39 is 4.92 Å². The van der Waals surface area contributed by atoms with Gasteiger partial charge in [0.15, 0.2) is 0 Å². The summed E-state index contributed by atoms with van der Waals surface area (Å²) >= 11 is 3.37. The number of nitrogens with one attached hydrogen (secondary N) is 1. The third kappa shape index (κ3) is 4.30. The Bertz CT molecular complexity index is 503. The molecule has 20 heavy (non-hydrogen) atoms. The number of halogens is 1. The molecule has 0 aliphatic heterocycles. The molecule has 110 valence electrons. The van der Waals surface area contributed by atoms with E-state index in [1.807, 2.05) is 13.8 Å². The summed E-state index contributed by atoms with van der Waals surface area (Å²) in [5.74, 6) is 0.0429. The average molecular weight is 343 g/mol. The lowest BCUT2D eigenvalue weighted by Gasteiger charge is -2.22. The molecule has 0 aromatic heterocycles. The SMILES string of the molecule is Cc1ccc([N+](=O)[O-])cc1C(=O)NC(CCBr)C(C)C. The van der Waals surface area contributed by atoms with Crippen molar-refractivity contribution in [2.24, 2.45) is 5.92 Å². The van der Waals surface area contributed by atoms with Crippen LogP contribution in [0.25, 0.3) is 0 Å². The number of hydrogen-bond donors (Lipinski definition) is 1. The van der Waals surface area contributed by atoms with Crippen LogP contribution < -0.4 is 5.32 Å². The van der Waals surface area contributed by atoms with Crippen molar-refractivity contribution in [3.8, 4) is 0 Å². The molecule has 1 unspecified atom stereocenters. The molecule has 0 spiro atoms. The van der Waals surface area contributed by atoms with Crippen LogP contribution in [0.3, 0.4) is 0 Å². The zero-order valence-electron chi connectivity index (χ0n) is 11.9. The fraction of sp³-hybridized carbons (Fsp3) is 0.500. The van der Waals surface area contributed by atoms with Crippen molar-refractivity contribution in [1.29, 1.82) is 0 Å². The number of nitro groups is 1. The summed E-state index contributed by atoms with van der Waals surface area (Å²) in [6, 6.07) is 4.38. The second kappa shape index (κ2) is 7.38. The minimum atomic E-state index is -0.491. The zero-order chi connectivity index (χ0) is 15.3. The molecule has 1 aromatic carbocycles. The molecule has 0 saturated carbocycles. The minimum absolute atomic E-state index is 0.0422. The largest absolute Gasteiger partial charge is 0.349 e. The van der Waals surface area contributed by atoms with E-state index in [1.54, 1.807) is 13.0 Å². The van der Waals surface area contributed by atoms with Gasteiger partial charge in [-0.25, -0.2) is 0 Å². The van der Waals surface area contributed by atoms with Crippen LogP contribution in [0.15, 0.2) is 18.2 Å². The molecule has 0 radical (unpaired) electrons. The highest BCUT2D eigenvalue weighted by Gasteiger charge is 2.19. The lowest BCUT2D eigenvalue weighted by atomic mass is 10.0. The van der Waals surface area contributed by atoms with Crippen molar-refractivity contribution in [3.05, 3.63) is 39.4 Å². The Morgan fingerprint density at radius 3 is 2.60 bits per heavy atom. The van der Waals surface area contributed by atoms with Gasteiger partial charge in [0.25, 0.3) is 11.6 Å². The Kier molecular flexibility index (Phi) is 6.13. The van der Waals surface area contributed by atoms with E-state index in [-0.39, 0.29) is 17.6 Å². The van der Waals surface area contributed by atoms with Crippen LogP contribution in [-0.4, -0.2) is 22.2 Å². The van der Waals surface area contributed by atoms with Gasteiger partial charge in [-0.1, -0.05) is 35.8 Å². The third-order valence-electron chi connectivity index (χ3n) is 3.22. The van der Waals surface area contributed by atoms with Crippen molar-refractivity contribution in [2.45, 2.75) is 33.2 Å². The Balaban J connectivity index is 2.96. The molecule has 1 aromatic rings. The number of aryl methyl sites for hydroxylation is 1. The fourth-order valence-electron chi connectivity index (χ4n) is 1.90. The van der Waals surface area contributed by atoms with E-state index in [9.17, 15) is 14.9 Å². The van der Waals surface area contributed by atoms with Crippen molar-refractivity contribution in [3.63, 3.8) is 0 Å². The van der Waals surface area contributed by atoms with Gasteiger partial charge in [0.2, 0.25) is 0 Å². The van der Waals surface area contributed by atoms with Crippen molar-refractivity contribution >= 4 is 27.5 Å². The van der Waals surface area contributed by atoms with Gasteiger partial charge in [-0.05, 0) is 24.8 Å². The van der Waals surface area contributed by atoms with Crippen LogP contribution in [0.4, 0.5) is 5.69 Å². The second-order valence-corrected chi connectivity index (χ2v) is 5.85. The van der Waals surface area contributed by atoms with E-state index in [2.05, 4.69) is 21.2 Å². The average Bonchev–Trinajstić information content (AvgIpc) is 2.38. The summed E-state index contributed by atoms with van der Waals surface area (Å²) in [7, 11) is 0. The molecule has 0 aliphatic rings. The van der Waals surface area contributed by atoms with Crippen LogP contribution in [-0.2, 0) is 0 Å². The molecule has 0 saturated heterocycles. The van der Waals surface area contributed by atoms with Crippen LogP contribution in [0.5, 0.6) is 0 Å². The molecule has 0 aliphatic carbocycles. The van der Waals surface area contributed by atoms with E-state index in [0.29, 0.717) is 11.5 Å². The molecule has 1 N–H and O–H groups in total. The van der Waals surface area contributed by atoms with Crippen LogP contribution >= 0.6 is 15.9 Å². The summed E-state index contributed by atoms with van der Waals surface area (Å²) < 4.78 is 0. The Morgan fingerprint density at radius 2 is 2.10 bits per heavy atom. The molecule has 0 bridgehead atoms. The van der Waals surface area contributed by atoms with Crippen LogP contribution in [0.2, 0.25) is 0 Å². The highest BCUT2D eigenvalue weighted by molar-refractivity contribution is 9.09. The molecule has 5 nitrogen and oxygen atoms in total. The molecule has 0 fully saturated rings. The van der Waals surface area contributed by atoms with Gasteiger partial charge >= 0.3 is 0 Å². The van der Waals surface area contributed by atoms with Gasteiger partial charge < -0.3 is 5.32 Å². The monoisotopic (exact) mass is 342 g/mol. The first-order valence-corrected chi connectivity index (χ1v) is 7.60. The number of non-ortho nitro benzene ring substituents is 1. The molecule has 1 amide bonds. The summed E-state index contributed by atoms with van der Waals surface area (Å²) in [5, 5.41) is 14.5. The van der Waals surface area contributed by atoms with Crippen molar-refractivity contribution in [1.82, 2.24) is 5.32 Å². The molecular formula is C14H19BrN2O3. The number of benzene rings is 1. The number of hydrogen-bond acceptors (Lipinski definition) is 3. The number of carbonyl (C=O) groups excluding carboxylic acids is 1. The first-order chi connectivity index (χ1) is 9.36. The van der Waals surface area contributed by atoms with Gasteiger partial charge in [-0.2, -0.15) is 0 Å². The zero-order valence-corrected chi connectivity index (χ0v) is 13.4.